The van der Waals surface area contributed by atoms with Crippen molar-refractivity contribution in [2.45, 2.75) is 13.1 Å². The first kappa shape index (κ1) is 19.0. The maximum absolute atomic E-state index is 13.3. The molecular formula is C24H20ClN3O. The molecule has 1 N–H and O–H groups in total. The van der Waals surface area contributed by atoms with Gasteiger partial charge >= 0.3 is 0 Å². The Morgan fingerprint density at radius 1 is 0.828 bits per heavy atom. The average molecular weight is 402 g/mol. The van der Waals surface area contributed by atoms with Gasteiger partial charge in [0.05, 0.1) is 10.7 Å². The number of hydrogen-bond acceptors (Lipinski definition) is 2. The van der Waals surface area contributed by atoms with Crippen LogP contribution in [-0.4, -0.2) is 21.0 Å². The molecule has 0 unspecified atom stereocenters. The van der Waals surface area contributed by atoms with Crippen molar-refractivity contribution in [1.29, 1.82) is 0 Å². The molecule has 0 saturated carbocycles. The van der Waals surface area contributed by atoms with E-state index in [-0.39, 0.29) is 5.91 Å². The first-order chi connectivity index (χ1) is 14.2. The van der Waals surface area contributed by atoms with Crippen LogP contribution in [0.3, 0.4) is 0 Å². The van der Waals surface area contributed by atoms with E-state index in [1.165, 1.54) is 0 Å². The van der Waals surface area contributed by atoms with Crippen molar-refractivity contribution in [3.05, 3.63) is 113 Å². The van der Waals surface area contributed by atoms with E-state index in [1.807, 2.05) is 89.8 Å². The molecule has 0 bridgehead atoms. The molecule has 0 radical (unpaired) electrons. The van der Waals surface area contributed by atoms with Crippen LogP contribution in [0.5, 0.6) is 0 Å². The number of aromatic nitrogens is 2. The highest BCUT2D eigenvalue weighted by Gasteiger charge is 2.20. The van der Waals surface area contributed by atoms with Crippen molar-refractivity contribution >= 4 is 17.5 Å². The van der Waals surface area contributed by atoms with Crippen LogP contribution in [-0.2, 0) is 13.1 Å². The van der Waals surface area contributed by atoms with Crippen LogP contribution in [0.2, 0.25) is 5.02 Å². The monoisotopic (exact) mass is 401 g/mol. The molecular weight excluding hydrogens is 382 g/mol. The van der Waals surface area contributed by atoms with Crippen molar-refractivity contribution in [2.24, 2.45) is 0 Å². The summed E-state index contributed by atoms with van der Waals surface area (Å²) < 4.78 is 0. The van der Waals surface area contributed by atoms with Crippen LogP contribution >= 0.6 is 11.6 Å². The number of hydrogen-bond donors (Lipinski definition) is 1. The van der Waals surface area contributed by atoms with E-state index in [1.54, 1.807) is 6.07 Å². The second-order valence-corrected chi connectivity index (χ2v) is 7.19. The van der Waals surface area contributed by atoms with Gasteiger partial charge in [0, 0.05) is 18.7 Å². The summed E-state index contributed by atoms with van der Waals surface area (Å²) in [6, 6.07) is 29.2. The van der Waals surface area contributed by atoms with Crippen molar-refractivity contribution < 1.29 is 4.79 Å². The highest BCUT2D eigenvalue weighted by atomic mass is 35.5. The van der Waals surface area contributed by atoms with Gasteiger partial charge in [-0.05, 0) is 23.3 Å². The number of aromatic amines is 1. The average Bonchev–Trinajstić information content (AvgIpc) is 3.24. The van der Waals surface area contributed by atoms with Gasteiger partial charge in [-0.1, -0.05) is 90.5 Å². The quantitative estimate of drug-likeness (QED) is 0.459. The lowest BCUT2D eigenvalue weighted by atomic mass is 10.1. The first-order valence-electron chi connectivity index (χ1n) is 9.38. The number of benzene rings is 3. The van der Waals surface area contributed by atoms with E-state index in [9.17, 15) is 4.79 Å². The van der Waals surface area contributed by atoms with Gasteiger partial charge in [-0.3, -0.25) is 9.89 Å². The molecule has 0 saturated heterocycles. The highest BCUT2D eigenvalue weighted by molar-refractivity contribution is 6.33. The number of halogens is 1. The third-order valence-corrected chi connectivity index (χ3v) is 5.01. The van der Waals surface area contributed by atoms with Crippen LogP contribution in [0.4, 0.5) is 0 Å². The van der Waals surface area contributed by atoms with Crippen molar-refractivity contribution in [3.8, 4) is 11.3 Å². The Labute approximate surface area is 174 Å². The summed E-state index contributed by atoms with van der Waals surface area (Å²) in [6.45, 7) is 1.02. The molecule has 0 fully saturated rings. The Bertz CT molecular complexity index is 1050. The maximum Gasteiger partial charge on any atom is 0.272 e. The van der Waals surface area contributed by atoms with E-state index in [0.717, 1.165) is 16.7 Å². The Morgan fingerprint density at radius 2 is 1.38 bits per heavy atom. The molecule has 29 heavy (non-hydrogen) atoms. The molecule has 1 aromatic heterocycles. The lowest BCUT2D eigenvalue weighted by Crippen LogP contribution is -2.30. The van der Waals surface area contributed by atoms with E-state index >= 15 is 0 Å². The molecule has 0 aliphatic rings. The minimum atomic E-state index is -0.108. The molecule has 0 spiro atoms. The van der Waals surface area contributed by atoms with Gasteiger partial charge in [0.25, 0.3) is 5.91 Å². The second kappa shape index (κ2) is 8.76. The Morgan fingerprint density at radius 3 is 1.97 bits per heavy atom. The van der Waals surface area contributed by atoms with Crippen LogP contribution < -0.4 is 0 Å². The Hall–Kier alpha value is -3.37. The maximum atomic E-state index is 13.3. The van der Waals surface area contributed by atoms with Crippen molar-refractivity contribution in [3.63, 3.8) is 0 Å². The molecule has 4 rings (SSSR count). The first-order valence-corrected chi connectivity index (χ1v) is 9.76. The summed E-state index contributed by atoms with van der Waals surface area (Å²) in [5.41, 5.74) is 4.03. The van der Waals surface area contributed by atoms with Crippen molar-refractivity contribution in [1.82, 2.24) is 15.1 Å². The van der Waals surface area contributed by atoms with Gasteiger partial charge in [0.1, 0.15) is 5.69 Å². The number of nitrogens with one attached hydrogen (secondary N) is 1. The second-order valence-electron chi connectivity index (χ2n) is 6.78. The highest BCUT2D eigenvalue weighted by Crippen LogP contribution is 2.26. The number of H-pyrrole nitrogens is 1. The summed E-state index contributed by atoms with van der Waals surface area (Å²) in [6.07, 6.45) is 0. The van der Waals surface area contributed by atoms with E-state index in [2.05, 4.69) is 10.2 Å². The van der Waals surface area contributed by atoms with Crippen molar-refractivity contribution in [2.75, 3.05) is 0 Å². The zero-order chi connectivity index (χ0) is 20.1. The Kier molecular flexibility index (Phi) is 5.73. The van der Waals surface area contributed by atoms with Gasteiger partial charge in [0.2, 0.25) is 0 Å². The van der Waals surface area contributed by atoms with Gasteiger partial charge < -0.3 is 4.90 Å². The molecule has 0 aliphatic carbocycles. The summed E-state index contributed by atoms with van der Waals surface area (Å²) in [5.74, 6) is -0.108. The van der Waals surface area contributed by atoms with Crippen LogP contribution in [0, 0.1) is 0 Å². The van der Waals surface area contributed by atoms with Gasteiger partial charge in [-0.25, -0.2) is 0 Å². The third-order valence-electron chi connectivity index (χ3n) is 4.68. The standard InChI is InChI=1S/C24H20ClN3O/c25-21-14-8-7-13-20(21)22-15-23(27-26-22)24(29)28(16-18-9-3-1-4-10-18)17-19-11-5-2-6-12-19/h1-15H,16-17H2,(H,26,27). The molecule has 3 aromatic carbocycles. The molecule has 4 aromatic rings. The number of rotatable bonds is 6. The fourth-order valence-corrected chi connectivity index (χ4v) is 3.45. The number of nitrogens with zero attached hydrogens (tertiary/aromatic N) is 2. The van der Waals surface area contributed by atoms with Gasteiger partial charge in [0.15, 0.2) is 0 Å². The molecule has 0 atom stereocenters. The van der Waals surface area contributed by atoms with Gasteiger partial charge in [-0.2, -0.15) is 5.10 Å². The van der Waals surface area contributed by atoms with E-state index < -0.39 is 0 Å². The summed E-state index contributed by atoms with van der Waals surface area (Å²) in [5, 5.41) is 7.79. The normalized spacial score (nSPS) is 10.7. The zero-order valence-electron chi connectivity index (χ0n) is 15.8. The third kappa shape index (κ3) is 4.55. The predicted molar refractivity (Wildman–Crippen MR) is 115 cm³/mol. The smallest absolute Gasteiger partial charge is 0.272 e. The SMILES string of the molecule is O=C(c1cc(-c2ccccc2Cl)n[nH]1)N(Cc1ccccc1)Cc1ccccc1. The number of amides is 1. The number of carbonyl (C=O) groups excluding carboxylic acids is 1. The molecule has 1 amide bonds. The molecule has 0 aliphatic heterocycles. The van der Waals surface area contributed by atoms with Crippen LogP contribution in [0.15, 0.2) is 91.0 Å². The molecule has 4 nitrogen and oxygen atoms in total. The van der Waals surface area contributed by atoms with E-state index in [4.69, 9.17) is 11.6 Å². The van der Waals surface area contributed by atoms with Gasteiger partial charge in [-0.15, -0.1) is 0 Å². The largest absolute Gasteiger partial charge is 0.329 e. The van der Waals surface area contributed by atoms with E-state index in [0.29, 0.717) is 29.5 Å². The minimum absolute atomic E-state index is 0.108. The van der Waals surface area contributed by atoms with Crippen LogP contribution in [0.25, 0.3) is 11.3 Å². The fourth-order valence-electron chi connectivity index (χ4n) is 3.22. The summed E-state index contributed by atoms with van der Waals surface area (Å²) in [4.78, 5) is 15.1. The van der Waals surface area contributed by atoms with Crippen LogP contribution in [0.1, 0.15) is 21.6 Å². The topological polar surface area (TPSA) is 49.0 Å². The zero-order valence-corrected chi connectivity index (χ0v) is 16.5. The molecule has 1 heterocycles. The summed E-state index contributed by atoms with van der Waals surface area (Å²) in [7, 11) is 0. The molecule has 5 heteroatoms. The number of carbonyl (C=O) groups is 1. The lowest BCUT2D eigenvalue weighted by molar-refractivity contribution is 0.0724. The fraction of sp³-hybridized carbons (Fsp3) is 0.0833. The summed E-state index contributed by atoms with van der Waals surface area (Å²) >= 11 is 6.28. The lowest BCUT2D eigenvalue weighted by Gasteiger charge is -2.22. The predicted octanol–water partition coefficient (Wildman–Crippen LogP) is 5.57. The molecule has 144 valence electrons. The minimum Gasteiger partial charge on any atom is -0.329 e. The Balaban J connectivity index is 1.61.